The van der Waals surface area contributed by atoms with Crippen molar-refractivity contribution in [2.75, 3.05) is 5.75 Å². The minimum Gasteiger partial charge on any atom is -0.480 e. The average Bonchev–Trinajstić information content (AvgIpc) is 2.61. The number of aliphatic hydroxyl groups is 1. The summed E-state index contributed by atoms with van der Waals surface area (Å²) in [5.74, 6) is -3.20. The third-order valence-corrected chi connectivity index (χ3v) is 4.63. The highest BCUT2D eigenvalue weighted by Crippen LogP contribution is 2.07. The molecule has 7 N–H and O–H groups in total. The Balaban J connectivity index is 5.17. The Morgan fingerprint density at radius 1 is 0.833 bits per heavy atom. The number of nitrogens with one attached hydrogen (secondary N) is 3. The van der Waals surface area contributed by atoms with Crippen molar-refractivity contribution in [1.82, 2.24) is 16.0 Å². The Morgan fingerprint density at radius 3 is 1.73 bits per heavy atom. The van der Waals surface area contributed by atoms with Crippen LogP contribution >= 0.6 is 12.6 Å². The molecule has 11 heteroatoms. The molecular formula is C19H36N4O6S. The monoisotopic (exact) mass is 448 g/mol. The van der Waals surface area contributed by atoms with Crippen molar-refractivity contribution in [3.8, 4) is 0 Å². The van der Waals surface area contributed by atoms with Crippen LogP contribution in [-0.2, 0) is 19.2 Å². The van der Waals surface area contributed by atoms with E-state index in [4.69, 9.17) is 5.73 Å². The molecule has 3 amide bonds. The molecule has 0 bridgehead atoms. The number of aliphatic carboxylic acids is 1. The molecule has 5 atom stereocenters. The van der Waals surface area contributed by atoms with Crippen molar-refractivity contribution >= 4 is 36.3 Å². The molecule has 0 aliphatic rings. The van der Waals surface area contributed by atoms with Gasteiger partial charge in [-0.25, -0.2) is 4.79 Å². The Morgan fingerprint density at radius 2 is 1.33 bits per heavy atom. The minimum absolute atomic E-state index is 0.00446. The Labute approximate surface area is 183 Å². The summed E-state index contributed by atoms with van der Waals surface area (Å²) in [4.78, 5) is 48.6. The van der Waals surface area contributed by atoms with E-state index in [9.17, 15) is 29.4 Å². The van der Waals surface area contributed by atoms with Gasteiger partial charge in [-0.2, -0.15) is 12.6 Å². The standard InChI is InChI=1S/C19H36N4O6S/c1-9(2)6-12(20)16(25)22-14(8-30)17(26)23-15(11(5)24)18(27)21-13(19(28)29)7-10(3)4/h9-15,24,30H,6-8,20H2,1-5H3,(H,21,27)(H,22,25)(H,23,26)(H,28,29). The molecular weight excluding hydrogens is 412 g/mol. The van der Waals surface area contributed by atoms with Crippen molar-refractivity contribution in [1.29, 1.82) is 0 Å². The summed E-state index contributed by atoms with van der Waals surface area (Å²) in [6.07, 6.45) is -0.690. The number of amides is 3. The molecule has 0 aliphatic heterocycles. The highest BCUT2D eigenvalue weighted by atomic mass is 32.1. The largest absolute Gasteiger partial charge is 0.480 e. The number of rotatable bonds is 13. The molecule has 0 saturated heterocycles. The Kier molecular flexibility index (Phi) is 12.6. The van der Waals surface area contributed by atoms with Crippen molar-refractivity contribution in [2.24, 2.45) is 17.6 Å². The molecule has 0 spiro atoms. The van der Waals surface area contributed by atoms with Crippen LogP contribution in [0.3, 0.4) is 0 Å². The van der Waals surface area contributed by atoms with Crippen LogP contribution in [-0.4, -0.2) is 69.9 Å². The number of hydrogen-bond acceptors (Lipinski definition) is 7. The van der Waals surface area contributed by atoms with Crippen LogP contribution < -0.4 is 21.7 Å². The molecule has 0 heterocycles. The number of carboxylic acid groups (broad SMARTS) is 1. The topological polar surface area (TPSA) is 171 Å². The summed E-state index contributed by atoms with van der Waals surface area (Å²) < 4.78 is 0. The van der Waals surface area contributed by atoms with E-state index in [1.807, 2.05) is 13.8 Å². The maximum absolute atomic E-state index is 12.5. The van der Waals surface area contributed by atoms with Gasteiger partial charge in [-0.1, -0.05) is 27.7 Å². The normalized spacial score (nSPS) is 16.3. The van der Waals surface area contributed by atoms with Gasteiger partial charge in [-0.05, 0) is 31.6 Å². The van der Waals surface area contributed by atoms with E-state index in [0.29, 0.717) is 6.42 Å². The van der Waals surface area contributed by atoms with Crippen molar-refractivity contribution in [3.05, 3.63) is 0 Å². The van der Waals surface area contributed by atoms with Crippen LogP contribution in [0, 0.1) is 11.8 Å². The molecule has 10 nitrogen and oxygen atoms in total. The van der Waals surface area contributed by atoms with Gasteiger partial charge in [0, 0.05) is 5.75 Å². The van der Waals surface area contributed by atoms with Crippen molar-refractivity contribution < 1.29 is 29.4 Å². The van der Waals surface area contributed by atoms with Gasteiger partial charge < -0.3 is 31.9 Å². The van der Waals surface area contributed by atoms with Crippen molar-refractivity contribution in [3.63, 3.8) is 0 Å². The first kappa shape index (κ1) is 28.1. The first-order chi connectivity index (χ1) is 13.8. The van der Waals surface area contributed by atoms with E-state index < -0.39 is 54.0 Å². The summed E-state index contributed by atoms with van der Waals surface area (Å²) in [6, 6.07) is -4.46. The highest BCUT2D eigenvalue weighted by Gasteiger charge is 2.32. The predicted octanol–water partition coefficient (Wildman–Crippen LogP) is -0.744. The lowest BCUT2D eigenvalue weighted by Gasteiger charge is -2.26. The van der Waals surface area contributed by atoms with E-state index in [0.717, 1.165) is 0 Å². The predicted molar refractivity (Wildman–Crippen MR) is 116 cm³/mol. The molecule has 0 saturated carbocycles. The lowest BCUT2D eigenvalue weighted by Crippen LogP contribution is -2.60. The Hall–Kier alpha value is -1.85. The number of aliphatic hydroxyl groups excluding tert-OH is 1. The van der Waals surface area contributed by atoms with E-state index in [-0.39, 0.29) is 24.0 Å². The lowest BCUT2D eigenvalue weighted by molar-refractivity contribution is -0.143. The number of carbonyl (C=O) groups is 4. The molecule has 0 aromatic heterocycles. The van der Waals surface area contributed by atoms with Gasteiger partial charge in [0.15, 0.2) is 0 Å². The number of carboxylic acids is 1. The summed E-state index contributed by atoms with van der Waals surface area (Å²) in [6.45, 7) is 8.71. The fourth-order valence-electron chi connectivity index (χ4n) is 2.70. The van der Waals surface area contributed by atoms with Crippen LogP contribution in [0.15, 0.2) is 0 Å². The number of thiol groups is 1. The van der Waals surface area contributed by atoms with Gasteiger partial charge in [0.2, 0.25) is 17.7 Å². The molecule has 174 valence electrons. The molecule has 0 radical (unpaired) electrons. The van der Waals surface area contributed by atoms with Crippen LogP contribution in [0.25, 0.3) is 0 Å². The minimum atomic E-state index is -1.41. The zero-order valence-electron chi connectivity index (χ0n) is 18.2. The van der Waals surface area contributed by atoms with Gasteiger partial charge in [-0.15, -0.1) is 0 Å². The number of hydrogen-bond donors (Lipinski definition) is 7. The average molecular weight is 449 g/mol. The second-order valence-corrected chi connectivity index (χ2v) is 8.60. The molecule has 5 unspecified atom stereocenters. The third kappa shape index (κ3) is 10.3. The molecule has 30 heavy (non-hydrogen) atoms. The van der Waals surface area contributed by atoms with Crippen LogP contribution in [0.5, 0.6) is 0 Å². The molecule has 0 aromatic rings. The number of carbonyl (C=O) groups excluding carboxylic acids is 3. The molecule has 0 aliphatic carbocycles. The van der Waals surface area contributed by atoms with Gasteiger partial charge >= 0.3 is 5.97 Å². The van der Waals surface area contributed by atoms with Crippen LogP contribution in [0.4, 0.5) is 0 Å². The fraction of sp³-hybridized carbons (Fsp3) is 0.789. The summed E-state index contributed by atoms with van der Waals surface area (Å²) >= 11 is 4.06. The van der Waals surface area contributed by atoms with E-state index >= 15 is 0 Å². The molecule has 0 aromatic carbocycles. The summed E-state index contributed by atoms with van der Waals surface area (Å²) in [7, 11) is 0. The zero-order valence-corrected chi connectivity index (χ0v) is 19.1. The van der Waals surface area contributed by atoms with E-state index in [2.05, 4.69) is 28.6 Å². The van der Waals surface area contributed by atoms with Gasteiger partial charge in [0.1, 0.15) is 18.1 Å². The van der Waals surface area contributed by atoms with Crippen LogP contribution in [0.1, 0.15) is 47.5 Å². The molecule has 0 fully saturated rings. The second kappa shape index (κ2) is 13.5. The lowest BCUT2D eigenvalue weighted by atomic mass is 10.0. The fourth-order valence-corrected chi connectivity index (χ4v) is 2.96. The Bertz CT molecular complexity index is 600. The highest BCUT2D eigenvalue weighted by molar-refractivity contribution is 7.80. The smallest absolute Gasteiger partial charge is 0.326 e. The van der Waals surface area contributed by atoms with E-state index in [1.165, 1.54) is 6.92 Å². The first-order valence-corrected chi connectivity index (χ1v) is 10.6. The summed E-state index contributed by atoms with van der Waals surface area (Å²) in [5, 5.41) is 26.4. The zero-order chi connectivity index (χ0) is 23.6. The first-order valence-electron chi connectivity index (χ1n) is 9.98. The van der Waals surface area contributed by atoms with Gasteiger partial charge in [0.25, 0.3) is 0 Å². The second-order valence-electron chi connectivity index (χ2n) is 8.24. The van der Waals surface area contributed by atoms with Gasteiger partial charge in [-0.3, -0.25) is 14.4 Å². The van der Waals surface area contributed by atoms with E-state index in [1.54, 1.807) is 13.8 Å². The number of nitrogens with two attached hydrogens (primary N) is 1. The van der Waals surface area contributed by atoms with Crippen LogP contribution in [0.2, 0.25) is 0 Å². The maximum atomic E-state index is 12.5. The maximum Gasteiger partial charge on any atom is 0.326 e. The van der Waals surface area contributed by atoms with Crippen molar-refractivity contribution in [2.45, 2.75) is 77.7 Å². The van der Waals surface area contributed by atoms with Gasteiger partial charge in [0.05, 0.1) is 12.1 Å². The summed E-state index contributed by atoms with van der Waals surface area (Å²) in [5.41, 5.74) is 5.81. The SMILES string of the molecule is CC(C)CC(N)C(=O)NC(CS)C(=O)NC(C(=O)NC(CC(C)C)C(=O)O)C(C)O. The quantitative estimate of drug-likeness (QED) is 0.182. The molecule has 0 rings (SSSR count). The third-order valence-electron chi connectivity index (χ3n) is 4.26.